The number of nitrogen functional groups attached to an aromatic ring is 1. The molecule has 0 bridgehead atoms. The van der Waals surface area contributed by atoms with Gasteiger partial charge in [0.25, 0.3) is 0 Å². The second kappa shape index (κ2) is 4.99. The van der Waals surface area contributed by atoms with E-state index in [1.807, 2.05) is 6.20 Å². The van der Waals surface area contributed by atoms with E-state index in [1.165, 1.54) is 30.6 Å². The van der Waals surface area contributed by atoms with Crippen LogP contribution >= 0.6 is 23.7 Å². The van der Waals surface area contributed by atoms with Crippen LogP contribution in [0.4, 0.5) is 5.13 Å². The quantitative estimate of drug-likeness (QED) is 0.806. The van der Waals surface area contributed by atoms with Crippen molar-refractivity contribution >= 4 is 28.9 Å². The summed E-state index contributed by atoms with van der Waals surface area (Å²) in [7, 11) is 0. The normalized spacial score (nSPS) is 26.9. The van der Waals surface area contributed by atoms with Crippen LogP contribution in [0.15, 0.2) is 6.20 Å². The van der Waals surface area contributed by atoms with Crippen LogP contribution in [-0.2, 0) is 0 Å². The second-order valence-corrected chi connectivity index (χ2v) is 5.15. The van der Waals surface area contributed by atoms with Crippen molar-refractivity contribution in [3.63, 3.8) is 0 Å². The number of halogens is 1. The largest absolute Gasteiger partial charge is 0.375 e. The Labute approximate surface area is 95.3 Å². The van der Waals surface area contributed by atoms with E-state index < -0.39 is 0 Å². The Hall–Kier alpha value is -0.280. The number of nitrogens with two attached hydrogens (primary N) is 1. The lowest BCUT2D eigenvalue weighted by atomic mass is 9.82. The first-order chi connectivity index (χ1) is 6.25. The lowest BCUT2D eigenvalue weighted by Crippen LogP contribution is -2.09. The molecule has 0 unspecified atom stereocenters. The molecule has 1 saturated carbocycles. The van der Waals surface area contributed by atoms with Gasteiger partial charge in [-0.2, -0.15) is 0 Å². The van der Waals surface area contributed by atoms with Gasteiger partial charge in [-0.25, -0.2) is 4.98 Å². The number of hydrogen-bond acceptors (Lipinski definition) is 3. The molecule has 0 spiro atoms. The first-order valence-electron chi connectivity index (χ1n) is 4.97. The number of nitrogens with zero attached hydrogens (tertiary/aromatic N) is 1. The van der Waals surface area contributed by atoms with Crippen molar-refractivity contribution in [2.24, 2.45) is 5.92 Å². The maximum absolute atomic E-state index is 5.62. The molecule has 0 saturated heterocycles. The number of aromatic nitrogens is 1. The fourth-order valence-corrected chi connectivity index (χ4v) is 2.89. The van der Waals surface area contributed by atoms with Gasteiger partial charge in [-0.05, 0) is 24.7 Å². The third-order valence-electron chi connectivity index (χ3n) is 2.96. The van der Waals surface area contributed by atoms with Crippen molar-refractivity contribution < 1.29 is 0 Å². The van der Waals surface area contributed by atoms with Gasteiger partial charge in [0.1, 0.15) is 0 Å². The Morgan fingerprint density at radius 2 is 2.00 bits per heavy atom. The fourth-order valence-electron chi connectivity index (χ4n) is 2.03. The van der Waals surface area contributed by atoms with Crippen molar-refractivity contribution in [2.75, 3.05) is 5.73 Å². The molecular weight excluding hydrogens is 216 g/mol. The molecule has 1 heterocycles. The van der Waals surface area contributed by atoms with Crippen LogP contribution < -0.4 is 5.73 Å². The molecule has 1 aromatic heterocycles. The minimum Gasteiger partial charge on any atom is -0.375 e. The highest BCUT2D eigenvalue weighted by atomic mass is 35.5. The minimum atomic E-state index is 0. The van der Waals surface area contributed by atoms with Gasteiger partial charge in [0, 0.05) is 11.1 Å². The third-order valence-corrected chi connectivity index (χ3v) is 3.95. The Kier molecular flexibility index (Phi) is 4.20. The van der Waals surface area contributed by atoms with Gasteiger partial charge in [0.2, 0.25) is 0 Å². The van der Waals surface area contributed by atoms with E-state index in [0.29, 0.717) is 5.13 Å². The van der Waals surface area contributed by atoms with Gasteiger partial charge in [-0.1, -0.05) is 19.8 Å². The Morgan fingerprint density at radius 1 is 1.36 bits per heavy atom. The summed E-state index contributed by atoms with van der Waals surface area (Å²) in [5.74, 6) is 1.66. The van der Waals surface area contributed by atoms with Gasteiger partial charge in [0.05, 0.1) is 0 Å². The number of thiazole rings is 1. The summed E-state index contributed by atoms with van der Waals surface area (Å²) in [5.41, 5.74) is 5.62. The Morgan fingerprint density at radius 3 is 2.50 bits per heavy atom. The molecule has 4 heteroatoms. The fraction of sp³-hybridized carbons (Fsp3) is 0.700. The van der Waals surface area contributed by atoms with Crippen LogP contribution in [0.1, 0.15) is 43.4 Å². The van der Waals surface area contributed by atoms with E-state index in [9.17, 15) is 0 Å². The molecule has 14 heavy (non-hydrogen) atoms. The number of anilines is 1. The molecule has 1 aromatic rings. The molecule has 1 aliphatic rings. The molecule has 0 radical (unpaired) electrons. The van der Waals surface area contributed by atoms with Gasteiger partial charge in [-0.15, -0.1) is 23.7 Å². The summed E-state index contributed by atoms with van der Waals surface area (Å²) in [5, 5.41) is 0.716. The Bertz CT molecular complexity index is 279. The number of rotatable bonds is 1. The lowest BCUT2D eigenvalue weighted by molar-refractivity contribution is 0.350. The average molecular weight is 233 g/mol. The van der Waals surface area contributed by atoms with E-state index in [0.717, 1.165) is 11.8 Å². The van der Waals surface area contributed by atoms with Gasteiger partial charge in [0.15, 0.2) is 5.13 Å². The molecule has 0 aliphatic heterocycles. The van der Waals surface area contributed by atoms with E-state index >= 15 is 0 Å². The average Bonchev–Trinajstić information content (AvgIpc) is 2.53. The highest BCUT2D eigenvalue weighted by molar-refractivity contribution is 7.15. The summed E-state index contributed by atoms with van der Waals surface area (Å²) in [6, 6.07) is 0. The zero-order valence-corrected chi connectivity index (χ0v) is 10.0. The molecule has 2 nitrogen and oxygen atoms in total. The van der Waals surface area contributed by atoms with Crippen LogP contribution in [0.2, 0.25) is 0 Å². The molecule has 0 aromatic carbocycles. The maximum Gasteiger partial charge on any atom is 0.180 e. The summed E-state index contributed by atoms with van der Waals surface area (Å²) in [4.78, 5) is 5.50. The third kappa shape index (κ3) is 2.61. The van der Waals surface area contributed by atoms with Crippen molar-refractivity contribution in [3.8, 4) is 0 Å². The predicted molar refractivity (Wildman–Crippen MR) is 64.1 cm³/mol. The van der Waals surface area contributed by atoms with Crippen LogP contribution in [0.25, 0.3) is 0 Å². The summed E-state index contributed by atoms with van der Waals surface area (Å²) in [6.07, 6.45) is 7.33. The zero-order valence-electron chi connectivity index (χ0n) is 8.40. The highest BCUT2D eigenvalue weighted by Gasteiger charge is 2.21. The highest BCUT2D eigenvalue weighted by Crippen LogP contribution is 2.37. The molecule has 80 valence electrons. The zero-order chi connectivity index (χ0) is 9.26. The van der Waals surface area contributed by atoms with Crippen molar-refractivity contribution in [1.82, 2.24) is 4.98 Å². The van der Waals surface area contributed by atoms with Crippen LogP contribution in [0, 0.1) is 5.92 Å². The number of hydrogen-bond donors (Lipinski definition) is 1. The topological polar surface area (TPSA) is 38.9 Å². The Balaban J connectivity index is 0.000000980. The second-order valence-electron chi connectivity index (χ2n) is 4.06. The molecule has 0 amide bonds. The first kappa shape index (κ1) is 11.8. The van der Waals surface area contributed by atoms with Crippen molar-refractivity contribution in [3.05, 3.63) is 11.1 Å². The van der Waals surface area contributed by atoms with Crippen LogP contribution in [0.3, 0.4) is 0 Å². The maximum atomic E-state index is 5.62. The predicted octanol–water partition coefficient (Wildman–Crippen LogP) is 3.44. The first-order valence-corrected chi connectivity index (χ1v) is 5.78. The van der Waals surface area contributed by atoms with E-state index in [2.05, 4.69) is 11.9 Å². The van der Waals surface area contributed by atoms with Crippen molar-refractivity contribution in [1.29, 1.82) is 0 Å². The summed E-state index contributed by atoms with van der Waals surface area (Å²) in [6.45, 7) is 2.34. The molecule has 2 N–H and O–H groups in total. The summed E-state index contributed by atoms with van der Waals surface area (Å²) >= 11 is 1.66. The smallest absolute Gasteiger partial charge is 0.180 e. The van der Waals surface area contributed by atoms with E-state index in [1.54, 1.807) is 11.3 Å². The van der Waals surface area contributed by atoms with E-state index in [4.69, 9.17) is 5.73 Å². The monoisotopic (exact) mass is 232 g/mol. The van der Waals surface area contributed by atoms with Gasteiger partial charge >= 0.3 is 0 Å². The standard InChI is InChI=1S/C10H16N2S.ClH/c1-7-2-4-8(5-3-7)9-6-12-10(11)13-9;/h6-8H,2-5H2,1H3,(H2,11,12);1H. The minimum absolute atomic E-state index is 0. The van der Waals surface area contributed by atoms with E-state index in [-0.39, 0.29) is 12.4 Å². The molecule has 1 aliphatic carbocycles. The van der Waals surface area contributed by atoms with Gasteiger partial charge in [-0.3, -0.25) is 0 Å². The van der Waals surface area contributed by atoms with Crippen LogP contribution in [0.5, 0.6) is 0 Å². The SMILES string of the molecule is CC1CCC(c2cnc(N)s2)CC1.Cl. The summed E-state index contributed by atoms with van der Waals surface area (Å²) < 4.78 is 0. The lowest BCUT2D eigenvalue weighted by Gasteiger charge is -2.24. The molecule has 2 rings (SSSR count). The van der Waals surface area contributed by atoms with Gasteiger partial charge < -0.3 is 5.73 Å². The molecule has 0 atom stereocenters. The van der Waals surface area contributed by atoms with Crippen LogP contribution in [-0.4, -0.2) is 4.98 Å². The molecular formula is C10H17ClN2S. The van der Waals surface area contributed by atoms with Crippen molar-refractivity contribution in [2.45, 2.75) is 38.5 Å². The molecule has 1 fully saturated rings.